The lowest BCUT2D eigenvalue weighted by Crippen LogP contribution is -2.21. The fraction of sp³-hybridized carbons (Fsp3) is 0.125. The Hall–Kier alpha value is -3.73. The van der Waals surface area contributed by atoms with Crippen molar-refractivity contribution in [3.8, 4) is 5.75 Å². The minimum absolute atomic E-state index is 0.179. The van der Waals surface area contributed by atoms with Crippen LogP contribution in [0.5, 0.6) is 5.75 Å². The Morgan fingerprint density at radius 2 is 1.52 bits per heavy atom. The van der Waals surface area contributed by atoms with Crippen LogP contribution in [-0.2, 0) is 11.2 Å². The third-order valence-electron chi connectivity index (χ3n) is 5.03. The number of methoxy groups -OCH3 is 1. The molecule has 1 aliphatic rings. The van der Waals surface area contributed by atoms with Crippen molar-refractivity contribution in [2.75, 3.05) is 12.4 Å². The molecular formula is C24H19NO4. The molecule has 0 spiro atoms. The number of benzene rings is 3. The summed E-state index contributed by atoms with van der Waals surface area (Å²) in [6.07, 6.45) is 0.192. The molecule has 144 valence electrons. The summed E-state index contributed by atoms with van der Waals surface area (Å²) < 4.78 is 5.24. The van der Waals surface area contributed by atoms with Gasteiger partial charge in [0, 0.05) is 27.9 Å². The zero-order valence-electron chi connectivity index (χ0n) is 16.1. The number of carbonyl (C=O) groups is 3. The van der Waals surface area contributed by atoms with Gasteiger partial charge in [-0.1, -0.05) is 36.4 Å². The van der Waals surface area contributed by atoms with E-state index in [4.69, 9.17) is 4.74 Å². The van der Waals surface area contributed by atoms with Crippen LogP contribution >= 0.6 is 0 Å². The molecule has 0 radical (unpaired) electrons. The van der Waals surface area contributed by atoms with Gasteiger partial charge in [0.15, 0.2) is 11.6 Å². The number of anilines is 1. The third kappa shape index (κ3) is 3.43. The van der Waals surface area contributed by atoms with Crippen LogP contribution in [0.15, 0.2) is 60.7 Å². The van der Waals surface area contributed by atoms with E-state index in [9.17, 15) is 14.4 Å². The van der Waals surface area contributed by atoms with Crippen molar-refractivity contribution in [1.82, 2.24) is 0 Å². The Morgan fingerprint density at radius 3 is 2.17 bits per heavy atom. The molecule has 0 unspecified atom stereocenters. The van der Waals surface area contributed by atoms with Crippen molar-refractivity contribution in [3.05, 3.63) is 94.0 Å². The van der Waals surface area contributed by atoms with Gasteiger partial charge in [-0.2, -0.15) is 0 Å². The van der Waals surface area contributed by atoms with Gasteiger partial charge in [0.05, 0.1) is 13.5 Å². The highest BCUT2D eigenvalue weighted by Crippen LogP contribution is 2.29. The normalized spacial score (nSPS) is 12.2. The standard InChI is InChI=1S/C24H19NO4/c1-14-11-15(7-10-21(14)29-2)12-22(26)25-16-8-9-19-20(13-16)24(28)18-6-4-3-5-17(18)23(19)27/h3-11,13H,12H2,1-2H3,(H,25,26). The van der Waals surface area contributed by atoms with Gasteiger partial charge in [-0.15, -0.1) is 0 Å². The van der Waals surface area contributed by atoms with Crippen molar-refractivity contribution in [2.24, 2.45) is 0 Å². The van der Waals surface area contributed by atoms with Crippen LogP contribution in [0.25, 0.3) is 0 Å². The molecule has 1 N–H and O–H groups in total. The Kier molecular flexibility index (Phi) is 4.72. The van der Waals surface area contributed by atoms with Crippen LogP contribution in [0.3, 0.4) is 0 Å². The number of fused-ring (bicyclic) bond motifs is 2. The molecule has 5 heteroatoms. The lowest BCUT2D eigenvalue weighted by Gasteiger charge is -2.18. The van der Waals surface area contributed by atoms with Crippen molar-refractivity contribution in [1.29, 1.82) is 0 Å². The summed E-state index contributed by atoms with van der Waals surface area (Å²) in [5.74, 6) is 0.177. The van der Waals surface area contributed by atoms with E-state index in [0.29, 0.717) is 27.9 Å². The highest BCUT2D eigenvalue weighted by molar-refractivity contribution is 6.28. The van der Waals surface area contributed by atoms with Crippen LogP contribution in [0.1, 0.15) is 43.0 Å². The molecule has 0 saturated heterocycles. The monoisotopic (exact) mass is 385 g/mol. The highest BCUT2D eigenvalue weighted by atomic mass is 16.5. The molecule has 0 atom stereocenters. The molecule has 3 aromatic carbocycles. The van der Waals surface area contributed by atoms with E-state index < -0.39 is 0 Å². The van der Waals surface area contributed by atoms with Gasteiger partial charge < -0.3 is 10.1 Å². The summed E-state index contributed by atoms with van der Waals surface area (Å²) in [4.78, 5) is 37.9. The van der Waals surface area contributed by atoms with Crippen LogP contribution in [0, 0.1) is 6.92 Å². The number of hydrogen-bond donors (Lipinski definition) is 1. The molecule has 0 aliphatic heterocycles. The predicted octanol–water partition coefficient (Wildman–Crippen LogP) is 3.96. The van der Waals surface area contributed by atoms with E-state index in [-0.39, 0.29) is 23.9 Å². The van der Waals surface area contributed by atoms with Gasteiger partial charge in [-0.25, -0.2) is 0 Å². The van der Waals surface area contributed by atoms with Crippen LogP contribution in [0.2, 0.25) is 0 Å². The van der Waals surface area contributed by atoms with E-state index in [1.807, 2.05) is 25.1 Å². The Bertz CT molecular complexity index is 1160. The average Bonchev–Trinajstić information content (AvgIpc) is 2.72. The highest BCUT2D eigenvalue weighted by Gasteiger charge is 2.29. The first kappa shape index (κ1) is 18.6. The average molecular weight is 385 g/mol. The van der Waals surface area contributed by atoms with Gasteiger partial charge in [0.1, 0.15) is 5.75 Å². The molecule has 0 fully saturated rings. The van der Waals surface area contributed by atoms with E-state index >= 15 is 0 Å². The number of ketones is 2. The molecule has 29 heavy (non-hydrogen) atoms. The van der Waals surface area contributed by atoms with Gasteiger partial charge in [0.25, 0.3) is 0 Å². The number of amides is 1. The first-order valence-electron chi connectivity index (χ1n) is 9.24. The number of carbonyl (C=O) groups excluding carboxylic acids is 3. The molecule has 1 aliphatic carbocycles. The number of aryl methyl sites for hydroxylation is 1. The maximum atomic E-state index is 12.8. The molecule has 0 bridgehead atoms. The topological polar surface area (TPSA) is 72.5 Å². The quantitative estimate of drug-likeness (QED) is 0.577. The zero-order chi connectivity index (χ0) is 20.5. The van der Waals surface area contributed by atoms with Crippen molar-refractivity contribution >= 4 is 23.2 Å². The molecule has 0 heterocycles. The summed E-state index contributed by atoms with van der Waals surface area (Å²) in [5, 5.41) is 2.81. The largest absolute Gasteiger partial charge is 0.496 e. The number of ether oxygens (including phenoxy) is 1. The summed E-state index contributed by atoms with van der Waals surface area (Å²) in [6, 6.07) is 17.2. The summed E-state index contributed by atoms with van der Waals surface area (Å²) in [7, 11) is 1.61. The maximum absolute atomic E-state index is 12.8. The fourth-order valence-electron chi connectivity index (χ4n) is 3.62. The Morgan fingerprint density at radius 1 is 0.862 bits per heavy atom. The summed E-state index contributed by atoms with van der Waals surface area (Å²) >= 11 is 0. The molecule has 1 amide bonds. The van der Waals surface area contributed by atoms with E-state index in [1.54, 1.807) is 49.6 Å². The Labute approximate surface area is 168 Å². The Balaban J connectivity index is 1.55. The summed E-state index contributed by atoms with van der Waals surface area (Å²) in [5.41, 5.74) is 3.77. The minimum atomic E-state index is -0.211. The second-order valence-corrected chi connectivity index (χ2v) is 6.99. The van der Waals surface area contributed by atoms with E-state index in [1.165, 1.54) is 0 Å². The molecule has 0 aromatic heterocycles. The molecule has 4 rings (SSSR count). The van der Waals surface area contributed by atoms with E-state index in [0.717, 1.165) is 16.9 Å². The van der Waals surface area contributed by atoms with Gasteiger partial charge in [0.2, 0.25) is 5.91 Å². The second-order valence-electron chi connectivity index (χ2n) is 6.99. The first-order chi connectivity index (χ1) is 14.0. The van der Waals surface area contributed by atoms with Gasteiger partial charge in [-0.05, 0) is 42.3 Å². The maximum Gasteiger partial charge on any atom is 0.228 e. The second kappa shape index (κ2) is 7.36. The van der Waals surface area contributed by atoms with Crippen molar-refractivity contribution < 1.29 is 19.1 Å². The number of rotatable bonds is 4. The SMILES string of the molecule is COc1ccc(CC(=O)Nc2ccc3c(c2)C(=O)c2ccccc2C3=O)cc1C. The smallest absolute Gasteiger partial charge is 0.228 e. The lowest BCUT2D eigenvalue weighted by molar-refractivity contribution is -0.115. The van der Waals surface area contributed by atoms with Gasteiger partial charge in [-0.3, -0.25) is 14.4 Å². The van der Waals surface area contributed by atoms with E-state index in [2.05, 4.69) is 5.32 Å². The molecular weight excluding hydrogens is 366 g/mol. The third-order valence-corrected chi connectivity index (χ3v) is 5.03. The minimum Gasteiger partial charge on any atom is -0.496 e. The lowest BCUT2D eigenvalue weighted by atomic mass is 9.84. The number of nitrogens with one attached hydrogen (secondary N) is 1. The van der Waals surface area contributed by atoms with Crippen molar-refractivity contribution in [2.45, 2.75) is 13.3 Å². The fourth-order valence-corrected chi connectivity index (χ4v) is 3.62. The predicted molar refractivity (Wildman–Crippen MR) is 110 cm³/mol. The van der Waals surface area contributed by atoms with Crippen LogP contribution in [-0.4, -0.2) is 24.6 Å². The van der Waals surface area contributed by atoms with Crippen molar-refractivity contribution in [3.63, 3.8) is 0 Å². The zero-order valence-corrected chi connectivity index (χ0v) is 16.1. The number of hydrogen-bond acceptors (Lipinski definition) is 4. The van der Waals surface area contributed by atoms with Crippen LogP contribution < -0.4 is 10.1 Å². The first-order valence-corrected chi connectivity index (χ1v) is 9.24. The summed E-state index contributed by atoms with van der Waals surface area (Å²) in [6.45, 7) is 1.92. The molecule has 5 nitrogen and oxygen atoms in total. The molecule has 3 aromatic rings. The van der Waals surface area contributed by atoms with Gasteiger partial charge >= 0.3 is 0 Å². The van der Waals surface area contributed by atoms with Crippen LogP contribution in [0.4, 0.5) is 5.69 Å². The molecule has 0 saturated carbocycles.